The van der Waals surface area contributed by atoms with Crippen molar-refractivity contribution in [3.63, 3.8) is 0 Å². The minimum Gasteiger partial charge on any atom is -0.497 e. The molecule has 6 nitrogen and oxygen atoms in total. The lowest BCUT2D eigenvalue weighted by Gasteiger charge is -2.09. The second-order valence-electron chi connectivity index (χ2n) is 7.01. The van der Waals surface area contributed by atoms with Crippen molar-refractivity contribution in [2.75, 3.05) is 12.4 Å². The molecule has 0 atom stereocenters. The number of benzene rings is 3. The predicted octanol–water partition coefficient (Wildman–Crippen LogP) is 5.27. The number of hydrogen-bond acceptors (Lipinski definition) is 5. The topological polar surface area (TPSA) is 69.0 Å². The average Bonchev–Trinajstić information content (AvgIpc) is 3.19. The number of methoxy groups -OCH3 is 1. The fourth-order valence-corrected chi connectivity index (χ4v) is 4.06. The van der Waals surface area contributed by atoms with Gasteiger partial charge in [0.1, 0.15) is 17.4 Å². The number of aryl methyl sites for hydroxylation is 1. The first-order valence-corrected chi connectivity index (χ1v) is 10.9. The molecule has 32 heavy (non-hydrogen) atoms. The Morgan fingerprint density at radius 1 is 1.00 bits per heavy atom. The van der Waals surface area contributed by atoms with E-state index >= 15 is 0 Å². The number of aromatic nitrogens is 3. The summed E-state index contributed by atoms with van der Waals surface area (Å²) in [5.74, 6) is 1.67. The van der Waals surface area contributed by atoms with E-state index in [-0.39, 0.29) is 11.7 Å². The van der Waals surface area contributed by atoms with Crippen LogP contribution in [0.25, 0.3) is 5.69 Å². The zero-order valence-corrected chi connectivity index (χ0v) is 18.4. The summed E-state index contributed by atoms with van der Waals surface area (Å²) in [6.07, 6.45) is 0. The predicted molar refractivity (Wildman–Crippen MR) is 123 cm³/mol. The van der Waals surface area contributed by atoms with Crippen molar-refractivity contribution in [3.8, 4) is 11.4 Å². The molecule has 8 heteroatoms. The van der Waals surface area contributed by atoms with Gasteiger partial charge in [-0.2, -0.15) is 0 Å². The summed E-state index contributed by atoms with van der Waals surface area (Å²) >= 11 is 1.57. The van der Waals surface area contributed by atoms with Gasteiger partial charge in [0.2, 0.25) is 0 Å². The minimum atomic E-state index is -0.345. The van der Waals surface area contributed by atoms with E-state index in [1.54, 1.807) is 31.0 Å². The average molecular weight is 449 g/mol. The van der Waals surface area contributed by atoms with Gasteiger partial charge in [-0.3, -0.25) is 9.36 Å². The molecule has 1 heterocycles. The van der Waals surface area contributed by atoms with Crippen LogP contribution in [-0.2, 0) is 5.75 Å². The molecule has 0 saturated heterocycles. The first kappa shape index (κ1) is 21.6. The molecule has 0 unspecified atom stereocenters. The molecular weight excluding hydrogens is 427 g/mol. The van der Waals surface area contributed by atoms with Crippen LogP contribution >= 0.6 is 11.8 Å². The van der Waals surface area contributed by atoms with Crippen molar-refractivity contribution < 1.29 is 13.9 Å². The maximum absolute atomic E-state index is 13.0. The second kappa shape index (κ2) is 9.65. The molecule has 162 valence electrons. The van der Waals surface area contributed by atoms with Gasteiger partial charge in [0.25, 0.3) is 5.91 Å². The number of ether oxygens (including phenoxy) is 1. The van der Waals surface area contributed by atoms with Gasteiger partial charge in [0, 0.05) is 22.7 Å². The summed E-state index contributed by atoms with van der Waals surface area (Å²) in [5, 5.41) is 12.1. The zero-order chi connectivity index (χ0) is 22.5. The molecule has 4 aromatic rings. The molecule has 0 bridgehead atoms. The van der Waals surface area contributed by atoms with Crippen molar-refractivity contribution in [2.45, 2.75) is 17.8 Å². The van der Waals surface area contributed by atoms with Gasteiger partial charge in [-0.1, -0.05) is 23.9 Å². The summed E-state index contributed by atoms with van der Waals surface area (Å²) < 4.78 is 20.2. The Bertz CT molecular complexity index is 1210. The Labute approximate surface area is 189 Å². The smallest absolute Gasteiger partial charge is 0.255 e. The highest BCUT2D eigenvalue weighted by Crippen LogP contribution is 2.26. The normalized spacial score (nSPS) is 10.7. The molecule has 0 radical (unpaired) electrons. The summed E-state index contributed by atoms with van der Waals surface area (Å²) in [4.78, 5) is 12.4. The van der Waals surface area contributed by atoms with E-state index in [9.17, 15) is 9.18 Å². The minimum absolute atomic E-state index is 0.245. The van der Waals surface area contributed by atoms with Gasteiger partial charge >= 0.3 is 0 Å². The number of nitrogens with one attached hydrogen (secondary N) is 1. The molecule has 0 saturated carbocycles. The summed E-state index contributed by atoms with van der Waals surface area (Å²) in [5.41, 5.74) is 3.09. The molecule has 0 aliphatic heterocycles. The van der Waals surface area contributed by atoms with E-state index in [4.69, 9.17) is 4.74 Å². The number of halogens is 1. The zero-order valence-electron chi connectivity index (χ0n) is 17.6. The van der Waals surface area contributed by atoms with Gasteiger partial charge in [0.05, 0.1) is 7.11 Å². The quantitative estimate of drug-likeness (QED) is 0.390. The lowest BCUT2D eigenvalue weighted by atomic mass is 10.1. The van der Waals surface area contributed by atoms with Crippen molar-refractivity contribution >= 4 is 23.4 Å². The van der Waals surface area contributed by atoms with Crippen LogP contribution in [0.4, 0.5) is 10.1 Å². The van der Waals surface area contributed by atoms with E-state index in [1.165, 1.54) is 24.3 Å². The maximum atomic E-state index is 13.0. The molecule has 3 aromatic carbocycles. The van der Waals surface area contributed by atoms with Gasteiger partial charge in [-0.25, -0.2) is 4.39 Å². The highest BCUT2D eigenvalue weighted by molar-refractivity contribution is 7.98. The molecule has 0 aliphatic carbocycles. The maximum Gasteiger partial charge on any atom is 0.255 e. The Balaban J connectivity index is 1.41. The molecule has 1 amide bonds. The third-order valence-corrected chi connectivity index (χ3v) is 5.81. The highest BCUT2D eigenvalue weighted by atomic mass is 32.2. The number of anilines is 1. The van der Waals surface area contributed by atoms with Crippen molar-refractivity contribution in [3.05, 3.63) is 95.6 Å². The Morgan fingerprint density at radius 3 is 2.34 bits per heavy atom. The van der Waals surface area contributed by atoms with Crippen LogP contribution in [0.5, 0.6) is 5.75 Å². The lowest BCUT2D eigenvalue weighted by molar-refractivity contribution is 0.102. The fourth-order valence-electron chi connectivity index (χ4n) is 3.10. The third kappa shape index (κ3) is 4.97. The second-order valence-corrected chi connectivity index (χ2v) is 7.95. The van der Waals surface area contributed by atoms with Crippen LogP contribution in [-0.4, -0.2) is 27.8 Å². The van der Waals surface area contributed by atoms with Gasteiger partial charge in [0.15, 0.2) is 5.16 Å². The van der Waals surface area contributed by atoms with E-state index in [1.807, 2.05) is 47.9 Å². The number of rotatable bonds is 7. The number of carbonyl (C=O) groups is 1. The van der Waals surface area contributed by atoms with Crippen molar-refractivity contribution in [1.82, 2.24) is 14.8 Å². The summed E-state index contributed by atoms with van der Waals surface area (Å²) in [6, 6.07) is 20.8. The molecule has 4 rings (SSSR count). The van der Waals surface area contributed by atoms with Gasteiger partial charge in [-0.15, -0.1) is 10.2 Å². The Kier molecular flexibility index (Phi) is 6.51. The van der Waals surface area contributed by atoms with Crippen LogP contribution < -0.4 is 10.1 Å². The fraction of sp³-hybridized carbons (Fsp3) is 0.125. The number of carbonyl (C=O) groups excluding carboxylic acids is 1. The Hall–Kier alpha value is -3.65. The third-order valence-electron chi connectivity index (χ3n) is 4.81. The van der Waals surface area contributed by atoms with Crippen LogP contribution in [0.1, 0.15) is 21.7 Å². The van der Waals surface area contributed by atoms with E-state index in [0.29, 0.717) is 17.0 Å². The summed E-state index contributed by atoms with van der Waals surface area (Å²) in [7, 11) is 1.64. The van der Waals surface area contributed by atoms with Crippen LogP contribution in [0, 0.1) is 12.7 Å². The standard InChI is InChI=1S/C24H21FN4O2S/c1-16-27-28-24(29(16)21-11-13-22(31-2)14-12-21)32-15-17-3-5-18(6-4-17)23(30)26-20-9-7-19(25)8-10-20/h3-14H,15H2,1-2H3,(H,26,30). The molecule has 1 N–H and O–H groups in total. The number of hydrogen-bond donors (Lipinski definition) is 1. The van der Waals surface area contributed by atoms with E-state index in [0.717, 1.165) is 28.0 Å². The highest BCUT2D eigenvalue weighted by Gasteiger charge is 2.12. The number of nitrogens with zero attached hydrogens (tertiary/aromatic N) is 3. The van der Waals surface area contributed by atoms with Crippen LogP contribution in [0.15, 0.2) is 78.0 Å². The number of thioether (sulfide) groups is 1. The first-order chi connectivity index (χ1) is 15.5. The molecule has 0 aliphatic rings. The Morgan fingerprint density at radius 2 is 1.69 bits per heavy atom. The first-order valence-electron chi connectivity index (χ1n) is 9.88. The van der Waals surface area contributed by atoms with Crippen molar-refractivity contribution in [1.29, 1.82) is 0 Å². The molecule has 0 fully saturated rings. The number of amides is 1. The van der Waals surface area contributed by atoms with E-state index < -0.39 is 0 Å². The monoisotopic (exact) mass is 448 g/mol. The largest absolute Gasteiger partial charge is 0.497 e. The van der Waals surface area contributed by atoms with Crippen LogP contribution in [0.3, 0.4) is 0 Å². The van der Waals surface area contributed by atoms with E-state index in [2.05, 4.69) is 15.5 Å². The molecule has 0 spiro atoms. The lowest BCUT2D eigenvalue weighted by Crippen LogP contribution is -2.11. The van der Waals surface area contributed by atoms with Gasteiger partial charge in [-0.05, 0) is 73.2 Å². The molecule has 1 aromatic heterocycles. The molecular formula is C24H21FN4O2S. The summed E-state index contributed by atoms with van der Waals surface area (Å²) in [6.45, 7) is 1.91. The van der Waals surface area contributed by atoms with Gasteiger partial charge < -0.3 is 10.1 Å². The van der Waals surface area contributed by atoms with Crippen LogP contribution in [0.2, 0.25) is 0 Å². The van der Waals surface area contributed by atoms with Crippen molar-refractivity contribution in [2.24, 2.45) is 0 Å². The SMILES string of the molecule is COc1ccc(-n2c(C)nnc2SCc2ccc(C(=O)Nc3ccc(F)cc3)cc2)cc1.